The van der Waals surface area contributed by atoms with Crippen LogP contribution in [-0.2, 0) is 17.7 Å². The maximum atomic E-state index is 11.9. The molecule has 2 N–H and O–H groups in total. The highest BCUT2D eigenvalue weighted by Gasteiger charge is 2.25. The molecule has 1 fully saturated rings. The van der Waals surface area contributed by atoms with Gasteiger partial charge in [0.25, 0.3) is 0 Å². The molecule has 27 heavy (non-hydrogen) atoms. The van der Waals surface area contributed by atoms with Gasteiger partial charge in [-0.3, -0.25) is 4.90 Å². The van der Waals surface area contributed by atoms with E-state index >= 15 is 0 Å². The largest absolute Gasteiger partial charge is 0.444 e. The molecule has 0 saturated carbocycles. The Bertz CT molecular complexity index is 871. The quantitative estimate of drug-likeness (QED) is 0.706. The lowest BCUT2D eigenvalue weighted by Gasteiger charge is -2.28. The molecule has 1 aromatic carbocycles. The molecule has 1 atom stereocenters. The van der Waals surface area contributed by atoms with Crippen LogP contribution >= 0.6 is 0 Å². The summed E-state index contributed by atoms with van der Waals surface area (Å²) in [5.41, 5.74) is 3.62. The Hall–Kier alpha value is -1.89. The van der Waals surface area contributed by atoms with Crippen molar-refractivity contribution in [1.29, 1.82) is 0 Å². The predicted molar refractivity (Wildman–Crippen MR) is 103 cm³/mol. The van der Waals surface area contributed by atoms with Crippen molar-refractivity contribution in [3.63, 3.8) is 0 Å². The molecule has 0 bridgehead atoms. The number of benzene rings is 1. The fourth-order valence-corrected chi connectivity index (χ4v) is 4.35. The van der Waals surface area contributed by atoms with Crippen molar-refractivity contribution < 1.29 is 23.7 Å². The monoisotopic (exact) mass is 374 g/mol. The molecule has 6 nitrogen and oxygen atoms in total. The molecule has 3 heterocycles. The minimum absolute atomic E-state index is 0.281. The third kappa shape index (κ3) is 3.88. The molecule has 0 spiro atoms. The zero-order valence-corrected chi connectivity index (χ0v) is 16.4. The fraction of sp³-hybridized carbons (Fsp3) is 0.571. The van der Waals surface area contributed by atoms with Crippen molar-refractivity contribution >= 4 is 11.0 Å². The van der Waals surface area contributed by atoms with E-state index in [0.717, 1.165) is 68.1 Å². The highest BCUT2D eigenvalue weighted by atomic mass is 16.5. The molecule has 0 aliphatic carbocycles. The molecular weight excluding hydrogens is 344 g/mol. The van der Waals surface area contributed by atoms with Gasteiger partial charge in [0.15, 0.2) is 0 Å². The second-order valence-corrected chi connectivity index (χ2v) is 7.74. The van der Waals surface area contributed by atoms with E-state index in [0.29, 0.717) is 12.3 Å². The number of morpholine rings is 1. The van der Waals surface area contributed by atoms with Crippen LogP contribution in [0.15, 0.2) is 21.3 Å². The molecular formula is C21H30N2O4+2. The first-order valence-electron chi connectivity index (χ1n) is 10.1. The number of quaternary nitrogens is 2. The van der Waals surface area contributed by atoms with Crippen LogP contribution < -0.4 is 20.2 Å². The lowest BCUT2D eigenvalue weighted by Crippen LogP contribution is -3.16. The number of rotatable bonds is 5. The molecule has 1 unspecified atom stereocenters. The Morgan fingerprint density at radius 2 is 1.89 bits per heavy atom. The number of aryl methyl sites for hydroxylation is 2. The third-order valence-electron chi connectivity index (χ3n) is 5.88. The van der Waals surface area contributed by atoms with E-state index in [2.05, 4.69) is 13.0 Å². The molecule has 0 amide bonds. The van der Waals surface area contributed by atoms with Crippen LogP contribution in [0.3, 0.4) is 0 Å². The van der Waals surface area contributed by atoms with Gasteiger partial charge in [-0.1, -0.05) is 6.92 Å². The first-order valence-corrected chi connectivity index (χ1v) is 10.1. The van der Waals surface area contributed by atoms with Gasteiger partial charge in [-0.2, -0.15) is 0 Å². The van der Waals surface area contributed by atoms with Gasteiger partial charge in [-0.15, -0.1) is 0 Å². The van der Waals surface area contributed by atoms with Gasteiger partial charge in [0.1, 0.15) is 31.0 Å². The van der Waals surface area contributed by atoms with Crippen molar-refractivity contribution in [1.82, 2.24) is 0 Å². The van der Waals surface area contributed by atoms with Crippen LogP contribution in [0.5, 0.6) is 5.75 Å². The van der Waals surface area contributed by atoms with Crippen molar-refractivity contribution in [2.24, 2.45) is 0 Å². The van der Waals surface area contributed by atoms with Crippen molar-refractivity contribution in [3.05, 3.63) is 39.2 Å². The van der Waals surface area contributed by atoms with Crippen LogP contribution in [-0.4, -0.2) is 46.1 Å². The SMILES string of the molecule is CCc1cc(=O)oc2c(C)c3c(cc12)C[NH+](CCC[NH+]1CCOCC1)CO3. The predicted octanol–water partition coefficient (Wildman–Crippen LogP) is -0.296. The zero-order valence-electron chi connectivity index (χ0n) is 16.4. The molecule has 6 heteroatoms. The smallest absolute Gasteiger partial charge is 0.336 e. The van der Waals surface area contributed by atoms with E-state index in [9.17, 15) is 4.79 Å². The van der Waals surface area contributed by atoms with Gasteiger partial charge in [0, 0.05) is 29.0 Å². The van der Waals surface area contributed by atoms with E-state index in [1.165, 1.54) is 23.4 Å². The molecule has 1 aromatic heterocycles. The Kier molecular flexibility index (Phi) is 5.48. The molecule has 4 rings (SSSR count). The van der Waals surface area contributed by atoms with Crippen molar-refractivity contribution in [2.75, 3.05) is 46.1 Å². The van der Waals surface area contributed by atoms with Gasteiger partial charge in [-0.05, 0) is 25.0 Å². The van der Waals surface area contributed by atoms with E-state index in [1.807, 2.05) is 6.92 Å². The molecule has 1 saturated heterocycles. The number of hydrogen-bond acceptors (Lipinski definition) is 4. The van der Waals surface area contributed by atoms with Gasteiger partial charge in [0.2, 0.25) is 6.73 Å². The molecule has 146 valence electrons. The third-order valence-corrected chi connectivity index (χ3v) is 5.88. The first-order chi connectivity index (χ1) is 13.2. The second kappa shape index (κ2) is 8.00. The van der Waals surface area contributed by atoms with Crippen LogP contribution in [0.1, 0.15) is 30.0 Å². The average molecular weight is 374 g/mol. The topological polar surface area (TPSA) is 57.5 Å². The normalized spacial score (nSPS) is 20.4. The standard InChI is InChI=1S/C21H28N2O4/c1-3-16-12-19(24)27-21-15(2)20-17(11-18(16)21)13-23(14-26-20)6-4-5-22-7-9-25-10-8-22/h11-12H,3-10,13-14H2,1-2H3/p+2. The molecule has 2 aromatic rings. The average Bonchev–Trinajstić information content (AvgIpc) is 2.69. The van der Waals surface area contributed by atoms with Crippen LogP contribution in [0, 0.1) is 6.92 Å². The Morgan fingerprint density at radius 1 is 1.11 bits per heavy atom. The first kappa shape index (κ1) is 18.5. The summed E-state index contributed by atoms with van der Waals surface area (Å²) in [4.78, 5) is 15.0. The summed E-state index contributed by atoms with van der Waals surface area (Å²) in [5, 5.41) is 1.05. The van der Waals surface area contributed by atoms with Gasteiger partial charge in [-0.25, -0.2) is 4.79 Å². The highest BCUT2D eigenvalue weighted by Crippen LogP contribution is 2.33. The van der Waals surface area contributed by atoms with Crippen molar-refractivity contribution in [3.8, 4) is 5.75 Å². The second-order valence-electron chi connectivity index (χ2n) is 7.74. The van der Waals surface area contributed by atoms with Crippen LogP contribution in [0.2, 0.25) is 0 Å². The maximum Gasteiger partial charge on any atom is 0.336 e. The van der Waals surface area contributed by atoms with Crippen LogP contribution in [0.4, 0.5) is 0 Å². The highest BCUT2D eigenvalue weighted by molar-refractivity contribution is 5.86. The van der Waals surface area contributed by atoms with E-state index in [1.54, 1.807) is 11.0 Å². The summed E-state index contributed by atoms with van der Waals surface area (Å²) in [5.74, 6) is 0.904. The minimum Gasteiger partial charge on any atom is -0.444 e. The summed E-state index contributed by atoms with van der Waals surface area (Å²) in [6, 6.07) is 3.79. The summed E-state index contributed by atoms with van der Waals surface area (Å²) >= 11 is 0. The lowest BCUT2D eigenvalue weighted by molar-refractivity contribution is -0.942. The van der Waals surface area contributed by atoms with E-state index < -0.39 is 0 Å². The lowest BCUT2D eigenvalue weighted by atomic mass is 9.99. The number of fused-ring (bicyclic) bond motifs is 2. The summed E-state index contributed by atoms with van der Waals surface area (Å²) in [6.45, 7) is 12.1. The fourth-order valence-electron chi connectivity index (χ4n) is 4.35. The van der Waals surface area contributed by atoms with Gasteiger partial charge >= 0.3 is 5.63 Å². The Balaban J connectivity index is 1.49. The summed E-state index contributed by atoms with van der Waals surface area (Å²) < 4.78 is 17.0. The van der Waals surface area contributed by atoms with Gasteiger partial charge in [0.05, 0.1) is 26.3 Å². The summed E-state index contributed by atoms with van der Waals surface area (Å²) in [7, 11) is 0. The van der Waals surface area contributed by atoms with E-state index in [-0.39, 0.29) is 5.63 Å². The number of nitrogens with one attached hydrogen (secondary N) is 2. The Labute approximate surface area is 159 Å². The summed E-state index contributed by atoms with van der Waals surface area (Å²) in [6.07, 6.45) is 2.02. The maximum absolute atomic E-state index is 11.9. The number of hydrogen-bond donors (Lipinski definition) is 2. The van der Waals surface area contributed by atoms with Crippen molar-refractivity contribution in [2.45, 2.75) is 33.2 Å². The van der Waals surface area contributed by atoms with E-state index in [4.69, 9.17) is 13.9 Å². The number of ether oxygens (including phenoxy) is 2. The molecule has 0 radical (unpaired) electrons. The molecule has 2 aliphatic rings. The molecule has 2 aliphatic heterocycles. The van der Waals surface area contributed by atoms with Crippen LogP contribution in [0.25, 0.3) is 11.0 Å². The Morgan fingerprint density at radius 3 is 2.67 bits per heavy atom. The zero-order chi connectivity index (χ0) is 18.8. The minimum atomic E-state index is -0.281. The van der Waals surface area contributed by atoms with Gasteiger partial charge < -0.3 is 18.8 Å².